The van der Waals surface area contributed by atoms with E-state index in [4.69, 9.17) is 26.4 Å². The lowest BCUT2D eigenvalue weighted by Crippen LogP contribution is -1.99. The molecule has 0 unspecified atom stereocenters. The maximum atomic E-state index is 5.70. The van der Waals surface area contributed by atoms with Crippen LogP contribution in [0.3, 0.4) is 0 Å². The number of rotatable bonds is 8. The molecule has 0 aliphatic heterocycles. The second kappa shape index (κ2) is 9.18. The minimum absolute atomic E-state index is 0.385. The van der Waals surface area contributed by atoms with E-state index in [0.29, 0.717) is 35.3 Å². The molecular weight excluding hydrogens is 376 g/mol. The first-order valence-electron chi connectivity index (χ1n) is 8.92. The highest BCUT2D eigenvalue weighted by Gasteiger charge is 2.13. The minimum Gasteiger partial charge on any atom is -0.493 e. The van der Waals surface area contributed by atoms with Crippen molar-refractivity contribution in [1.82, 2.24) is 14.9 Å². The molecule has 3 rings (SSSR count). The molecule has 0 amide bonds. The number of hydrogen-bond donors (Lipinski definition) is 1. The van der Waals surface area contributed by atoms with Crippen molar-refractivity contribution in [2.45, 2.75) is 13.8 Å². The third-order valence-corrected chi connectivity index (χ3v) is 4.15. The van der Waals surface area contributed by atoms with Gasteiger partial charge >= 0.3 is 0 Å². The number of methoxy groups -OCH3 is 1. The molecule has 3 aromatic rings. The molecule has 1 N–H and O–H groups in total. The number of aromatic nitrogens is 3. The molecular formula is C20H22N4O3S. The molecule has 28 heavy (non-hydrogen) atoms. The lowest BCUT2D eigenvalue weighted by Gasteiger charge is -2.10. The molecule has 0 fully saturated rings. The van der Waals surface area contributed by atoms with E-state index in [1.807, 2.05) is 56.3 Å². The van der Waals surface area contributed by atoms with Crippen LogP contribution < -0.4 is 14.2 Å². The highest BCUT2D eigenvalue weighted by molar-refractivity contribution is 7.71. The molecule has 8 heteroatoms. The predicted octanol–water partition coefficient (Wildman–Crippen LogP) is 4.30. The third-order valence-electron chi connectivity index (χ3n) is 3.89. The number of ether oxygens (including phenoxy) is 3. The van der Waals surface area contributed by atoms with E-state index in [1.165, 1.54) is 0 Å². The molecule has 1 heterocycles. The van der Waals surface area contributed by atoms with Crippen molar-refractivity contribution in [3.8, 4) is 28.6 Å². The summed E-state index contributed by atoms with van der Waals surface area (Å²) in [6, 6.07) is 13.2. The van der Waals surface area contributed by atoms with E-state index in [1.54, 1.807) is 18.0 Å². The Balaban J connectivity index is 1.97. The average Bonchev–Trinajstić information content (AvgIpc) is 3.08. The average molecular weight is 398 g/mol. The summed E-state index contributed by atoms with van der Waals surface area (Å²) in [7, 11) is 1.60. The maximum Gasteiger partial charge on any atom is 0.216 e. The van der Waals surface area contributed by atoms with Crippen molar-refractivity contribution in [3.05, 3.63) is 52.8 Å². The van der Waals surface area contributed by atoms with Crippen LogP contribution in [0.1, 0.15) is 19.4 Å². The number of nitrogens with one attached hydrogen (secondary N) is 1. The van der Waals surface area contributed by atoms with Gasteiger partial charge in [-0.15, -0.1) is 0 Å². The van der Waals surface area contributed by atoms with Gasteiger partial charge in [-0.1, -0.05) is 12.1 Å². The van der Waals surface area contributed by atoms with E-state index in [2.05, 4.69) is 15.3 Å². The van der Waals surface area contributed by atoms with E-state index in [0.717, 1.165) is 16.9 Å². The fourth-order valence-corrected chi connectivity index (χ4v) is 2.85. The number of para-hydroxylation sites is 1. The Hall–Kier alpha value is -3.13. The van der Waals surface area contributed by atoms with Crippen LogP contribution in [-0.2, 0) is 0 Å². The van der Waals surface area contributed by atoms with E-state index >= 15 is 0 Å². The standard InChI is InChI=1S/C20H22N4O3S/c1-4-26-16-9-7-6-8-15(16)19-22-23-20(28)24(19)21-13-14-10-11-17(27-5-2)18(12-14)25-3/h6-13H,4-5H2,1-3H3,(H,23,28)/b21-13-. The van der Waals surface area contributed by atoms with E-state index in [-0.39, 0.29) is 0 Å². The van der Waals surface area contributed by atoms with Gasteiger partial charge in [-0.05, 0) is 62.0 Å². The van der Waals surface area contributed by atoms with Crippen LogP contribution in [0, 0.1) is 4.77 Å². The Labute approximate surface area is 168 Å². The molecule has 0 atom stereocenters. The number of aromatic amines is 1. The number of nitrogens with zero attached hydrogens (tertiary/aromatic N) is 3. The molecule has 0 saturated heterocycles. The van der Waals surface area contributed by atoms with E-state index < -0.39 is 0 Å². The number of hydrogen-bond acceptors (Lipinski definition) is 6. The summed E-state index contributed by atoms with van der Waals surface area (Å²) in [5, 5.41) is 11.6. The van der Waals surface area contributed by atoms with Gasteiger partial charge in [-0.25, -0.2) is 5.10 Å². The van der Waals surface area contributed by atoms with Gasteiger partial charge in [0.05, 0.1) is 32.1 Å². The third kappa shape index (κ3) is 4.23. The highest BCUT2D eigenvalue weighted by atomic mass is 32.1. The number of H-pyrrole nitrogens is 1. The van der Waals surface area contributed by atoms with Crippen molar-refractivity contribution in [3.63, 3.8) is 0 Å². The lowest BCUT2D eigenvalue weighted by molar-refractivity contribution is 0.311. The van der Waals surface area contributed by atoms with Crippen LogP contribution >= 0.6 is 12.2 Å². The van der Waals surface area contributed by atoms with E-state index in [9.17, 15) is 0 Å². The molecule has 0 spiro atoms. The monoisotopic (exact) mass is 398 g/mol. The zero-order chi connectivity index (χ0) is 19.9. The normalized spacial score (nSPS) is 11.0. The van der Waals surface area contributed by atoms with Gasteiger partial charge in [-0.3, -0.25) is 0 Å². The second-order valence-corrected chi connectivity index (χ2v) is 6.07. The van der Waals surface area contributed by atoms with Crippen molar-refractivity contribution >= 4 is 18.4 Å². The molecule has 1 aromatic heterocycles. The smallest absolute Gasteiger partial charge is 0.216 e. The highest BCUT2D eigenvalue weighted by Crippen LogP contribution is 2.29. The summed E-state index contributed by atoms with van der Waals surface area (Å²) < 4.78 is 18.6. The fourth-order valence-electron chi connectivity index (χ4n) is 2.67. The lowest BCUT2D eigenvalue weighted by atomic mass is 10.2. The van der Waals surface area contributed by atoms with Crippen molar-refractivity contribution in [2.75, 3.05) is 20.3 Å². The Bertz CT molecular complexity index is 1030. The number of benzene rings is 2. The first-order chi connectivity index (χ1) is 13.7. The predicted molar refractivity (Wildman–Crippen MR) is 111 cm³/mol. The molecule has 7 nitrogen and oxygen atoms in total. The molecule has 146 valence electrons. The Morgan fingerprint density at radius 1 is 1.07 bits per heavy atom. The van der Waals surface area contributed by atoms with Crippen LogP contribution in [0.15, 0.2) is 47.6 Å². The molecule has 0 radical (unpaired) electrons. The summed E-state index contributed by atoms with van der Waals surface area (Å²) in [6.45, 7) is 4.98. The van der Waals surface area contributed by atoms with Crippen LogP contribution in [0.4, 0.5) is 0 Å². The molecule has 0 aliphatic rings. The van der Waals surface area contributed by atoms with Crippen molar-refractivity contribution < 1.29 is 14.2 Å². The summed E-state index contributed by atoms with van der Waals surface area (Å²) in [6.07, 6.45) is 1.69. The SMILES string of the molecule is CCOc1ccc(/C=N\n2c(-c3ccccc3OCC)n[nH]c2=S)cc1OC. The fraction of sp³-hybridized carbons (Fsp3) is 0.250. The summed E-state index contributed by atoms with van der Waals surface area (Å²) in [5.74, 6) is 2.62. The molecule has 0 saturated carbocycles. The van der Waals surface area contributed by atoms with Crippen molar-refractivity contribution in [2.24, 2.45) is 5.10 Å². The minimum atomic E-state index is 0.385. The van der Waals surface area contributed by atoms with Crippen LogP contribution in [0.2, 0.25) is 0 Å². The largest absolute Gasteiger partial charge is 0.493 e. The summed E-state index contributed by atoms with van der Waals surface area (Å²) in [4.78, 5) is 0. The van der Waals surface area contributed by atoms with Gasteiger partial charge in [0.1, 0.15) is 5.75 Å². The first-order valence-corrected chi connectivity index (χ1v) is 9.33. The van der Waals surface area contributed by atoms with Crippen LogP contribution in [0.25, 0.3) is 11.4 Å². The summed E-state index contributed by atoms with van der Waals surface area (Å²) >= 11 is 5.35. The van der Waals surface area contributed by atoms with Crippen LogP contribution in [0.5, 0.6) is 17.2 Å². The Morgan fingerprint density at radius 3 is 2.57 bits per heavy atom. The van der Waals surface area contributed by atoms with Crippen molar-refractivity contribution in [1.29, 1.82) is 0 Å². The van der Waals surface area contributed by atoms with Gasteiger partial charge in [0.25, 0.3) is 0 Å². The molecule has 0 aliphatic carbocycles. The summed E-state index contributed by atoms with van der Waals surface area (Å²) in [5.41, 5.74) is 1.64. The molecule has 2 aromatic carbocycles. The second-order valence-electron chi connectivity index (χ2n) is 5.68. The first kappa shape index (κ1) is 19.6. The molecule has 0 bridgehead atoms. The topological polar surface area (TPSA) is 73.7 Å². The zero-order valence-corrected chi connectivity index (χ0v) is 16.8. The van der Waals surface area contributed by atoms with Gasteiger partial charge in [0.2, 0.25) is 4.77 Å². The van der Waals surface area contributed by atoms with Gasteiger partial charge in [0.15, 0.2) is 17.3 Å². The van der Waals surface area contributed by atoms with Crippen LogP contribution in [-0.4, -0.2) is 41.4 Å². The zero-order valence-electron chi connectivity index (χ0n) is 16.0. The maximum absolute atomic E-state index is 5.70. The van der Waals surface area contributed by atoms with Gasteiger partial charge in [-0.2, -0.15) is 14.9 Å². The Kier molecular flexibility index (Phi) is 6.44. The quantitative estimate of drug-likeness (QED) is 0.452. The van der Waals surface area contributed by atoms with Gasteiger partial charge in [0, 0.05) is 0 Å². The Morgan fingerprint density at radius 2 is 1.82 bits per heavy atom. The van der Waals surface area contributed by atoms with Gasteiger partial charge < -0.3 is 14.2 Å².